The summed E-state index contributed by atoms with van der Waals surface area (Å²) in [6, 6.07) is 4.29. The first-order valence-electron chi connectivity index (χ1n) is 4.94. The van der Waals surface area contributed by atoms with Gasteiger partial charge in [0.05, 0.1) is 12.7 Å². The molecule has 0 spiro atoms. The number of rotatable bonds is 4. The second-order valence-electron chi connectivity index (χ2n) is 3.51. The third-order valence-electron chi connectivity index (χ3n) is 2.42. The summed E-state index contributed by atoms with van der Waals surface area (Å²) in [5, 5.41) is 0. The SMILES string of the molecule is CCc1ccc(CCC2CO2)nc1. The number of aromatic nitrogens is 1. The zero-order valence-corrected chi connectivity index (χ0v) is 7.99. The van der Waals surface area contributed by atoms with Crippen molar-refractivity contribution in [3.05, 3.63) is 29.6 Å². The maximum Gasteiger partial charge on any atom is 0.0813 e. The van der Waals surface area contributed by atoms with E-state index in [1.54, 1.807) is 0 Å². The molecule has 1 aromatic heterocycles. The summed E-state index contributed by atoms with van der Waals surface area (Å²) in [5.41, 5.74) is 2.50. The van der Waals surface area contributed by atoms with Crippen LogP contribution in [-0.4, -0.2) is 17.7 Å². The monoisotopic (exact) mass is 177 g/mol. The van der Waals surface area contributed by atoms with Crippen molar-refractivity contribution < 1.29 is 4.74 Å². The van der Waals surface area contributed by atoms with E-state index in [4.69, 9.17) is 4.74 Å². The van der Waals surface area contributed by atoms with Gasteiger partial charge in [0.1, 0.15) is 0 Å². The molecular weight excluding hydrogens is 162 g/mol. The summed E-state index contributed by atoms with van der Waals surface area (Å²) in [5.74, 6) is 0. The number of epoxide rings is 1. The first kappa shape index (κ1) is 8.70. The second kappa shape index (κ2) is 3.88. The summed E-state index contributed by atoms with van der Waals surface area (Å²) in [6.07, 6.45) is 5.74. The van der Waals surface area contributed by atoms with Gasteiger partial charge in [-0.05, 0) is 30.9 Å². The number of nitrogens with zero attached hydrogens (tertiary/aromatic N) is 1. The van der Waals surface area contributed by atoms with Crippen molar-refractivity contribution in [3.63, 3.8) is 0 Å². The average Bonchev–Trinajstić information content (AvgIpc) is 2.99. The van der Waals surface area contributed by atoms with E-state index in [1.165, 1.54) is 11.3 Å². The van der Waals surface area contributed by atoms with Crippen LogP contribution in [0.5, 0.6) is 0 Å². The van der Waals surface area contributed by atoms with Gasteiger partial charge in [-0.3, -0.25) is 4.98 Å². The molecule has 2 heterocycles. The molecule has 70 valence electrons. The lowest BCUT2D eigenvalue weighted by molar-refractivity contribution is 0.396. The van der Waals surface area contributed by atoms with Crippen molar-refractivity contribution in [2.24, 2.45) is 0 Å². The van der Waals surface area contributed by atoms with Crippen molar-refractivity contribution in [3.8, 4) is 0 Å². The number of pyridine rings is 1. The van der Waals surface area contributed by atoms with Gasteiger partial charge in [-0.25, -0.2) is 0 Å². The van der Waals surface area contributed by atoms with Gasteiger partial charge in [0.2, 0.25) is 0 Å². The van der Waals surface area contributed by atoms with Gasteiger partial charge in [-0.2, -0.15) is 0 Å². The zero-order chi connectivity index (χ0) is 9.10. The largest absolute Gasteiger partial charge is 0.373 e. The molecule has 1 aromatic rings. The molecule has 0 amide bonds. The molecule has 1 atom stereocenters. The lowest BCUT2D eigenvalue weighted by atomic mass is 10.1. The van der Waals surface area contributed by atoms with E-state index in [0.29, 0.717) is 6.10 Å². The van der Waals surface area contributed by atoms with Gasteiger partial charge in [-0.1, -0.05) is 13.0 Å². The topological polar surface area (TPSA) is 25.4 Å². The van der Waals surface area contributed by atoms with Crippen molar-refractivity contribution in [1.29, 1.82) is 0 Å². The molecule has 1 aliphatic heterocycles. The highest BCUT2D eigenvalue weighted by molar-refractivity contribution is 5.14. The predicted octanol–water partition coefficient (Wildman–Crippen LogP) is 1.98. The summed E-state index contributed by atoms with van der Waals surface area (Å²) in [6.45, 7) is 3.10. The quantitative estimate of drug-likeness (QED) is 0.657. The standard InChI is InChI=1S/C11H15NO/c1-2-9-3-4-10(12-7-9)5-6-11-8-13-11/h3-4,7,11H,2,5-6,8H2,1H3. The number of aryl methyl sites for hydroxylation is 2. The van der Waals surface area contributed by atoms with Crippen LogP contribution < -0.4 is 0 Å². The maximum atomic E-state index is 5.15. The second-order valence-corrected chi connectivity index (χ2v) is 3.51. The van der Waals surface area contributed by atoms with Crippen LogP contribution in [0.25, 0.3) is 0 Å². The molecule has 0 saturated carbocycles. The fourth-order valence-corrected chi connectivity index (χ4v) is 1.36. The fourth-order valence-electron chi connectivity index (χ4n) is 1.36. The molecule has 2 rings (SSSR count). The Labute approximate surface area is 78.9 Å². The molecule has 0 N–H and O–H groups in total. The van der Waals surface area contributed by atoms with Crippen molar-refractivity contribution >= 4 is 0 Å². The Kier molecular flexibility index (Phi) is 2.60. The number of hydrogen-bond acceptors (Lipinski definition) is 2. The molecule has 13 heavy (non-hydrogen) atoms. The first-order chi connectivity index (χ1) is 6.38. The average molecular weight is 177 g/mol. The molecule has 0 bridgehead atoms. The van der Waals surface area contributed by atoms with Crippen LogP contribution in [0, 0.1) is 0 Å². The number of ether oxygens (including phenoxy) is 1. The molecule has 1 unspecified atom stereocenters. The van der Waals surface area contributed by atoms with E-state index < -0.39 is 0 Å². The van der Waals surface area contributed by atoms with Crippen LogP contribution >= 0.6 is 0 Å². The van der Waals surface area contributed by atoms with E-state index in [2.05, 4.69) is 24.0 Å². The van der Waals surface area contributed by atoms with Crippen LogP contribution in [0.2, 0.25) is 0 Å². The molecule has 0 radical (unpaired) electrons. The first-order valence-corrected chi connectivity index (χ1v) is 4.94. The van der Waals surface area contributed by atoms with Gasteiger partial charge < -0.3 is 4.74 Å². The molecule has 1 saturated heterocycles. The van der Waals surface area contributed by atoms with Crippen LogP contribution in [0.1, 0.15) is 24.6 Å². The number of hydrogen-bond donors (Lipinski definition) is 0. The Morgan fingerprint density at radius 1 is 1.54 bits per heavy atom. The van der Waals surface area contributed by atoms with E-state index in [-0.39, 0.29) is 0 Å². The van der Waals surface area contributed by atoms with Crippen LogP contribution in [-0.2, 0) is 17.6 Å². The third kappa shape index (κ3) is 2.52. The third-order valence-corrected chi connectivity index (χ3v) is 2.42. The molecule has 2 heteroatoms. The summed E-state index contributed by atoms with van der Waals surface area (Å²) < 4.78 is 5.15. The van der Waals surface area contributed by atoms with Crippen molar-refractivity contribution in [2.45, 2.75) is 32.3 Å². The van der Waals surface area contributed by atoms with Crippen LogP contribution in [0.15, 0.2) is 18.3 Å². The van der Waals surface area contributed by atoms with E-state index in [9.17, 15) is 0 Å². The Morgan fingerprint density at radius 2 is 2.38 bits per heavy atom. The van der Waals surface area contributed by atoms with Gasteiger partial charge in [0, 0.05) is 11.9 Å². The Morgan fingerprint density at radius 3 is 2.92 bits per heavy atom. The molecule has 0 aliphatic carbocycles. The minimum atomic E-state index is 0.521. The molecule has 0 aromatic carbocycles. The van der Waals surface area contributed by atoms with Crippen molar-refractivity contribution in [2.75, 3.05) is 6.61 Å². The summed E-state index contributed by atoms with van der Waals surface area (Å²) >= 11 is 0. The fraction of sp³-hybridized carbons (Fsp3) is 0.545. The highest BCUT2D eigenvalue weighted by atomic mass is 16.6. The van der Waals surface area contributed by atoms with Gasteiger partial charge in [-0.15, -0.1) is 0 Å². The molecule has 1 aliphatic rings. The highest BCUT2D eigenvalue weighted by Crippen LogP contribution is 2.15. The van der Waals surface area contributed by atoms with Crippen LogP contribution in [0.4, 0.5) is 0 Å². The summed E-state index contributed by atoms with van der Waals surface area (Å²) in [4.78, 5) is 4.39. The minimum Gasteiger partial charge on any atom is -0.373 e. The Balaban J connectivity index is 1.88. The maximum absolute atomic E-state index is 5.15. The summed E-state index contributed by atoms with van der Waals surface area (Å²) in [7, 11) is 0. The lowest BCUT2D eigenvalue weighted by Gasteiger charge is -1.99. The van der Waals surface area contributed by atoms with Gasteiger partial charge in [0.15, 0.2) is 0 Å². The molecule has 2 nitrogen and oxygen atoms in total. The van der Waals surface area contributed by atoms with E-state index in [1.807, 2.05) is 6.20 Å². The van der Waals surface area contributed by atoms with E-state index >= 15 is 0 Å². The zero-order valence-electron chi connectivity index (χ0n) is 7.99. The molecular formula is C11H15NO. The minimum absolute atomic E-state index is 0.521. The lowest BCUT2D eigenvalue weighted by Crippen LogP contribution is -1.94. The normalized spacial score (nSPS) is 20.2. The highest BCUT2D eigenvalue weighted by Gasteiger charge is 2.21. The van der Waals surface area contributed by atoms with Crippen molar-refractivity contribution in [1.82, 2.24) is 4.98 Å². The van der Waals surface area contributed by atoms with Gasteiger partial charge in [0.25, 0.3) is 0 Å². The smallest absolute Gasteiger partial charge is 0.0813 e. The van der Waals surface area contributed by atoms with Crippen LogP contribution in [0.3, 0.4) is 0 Å². The predicted molar refractivity (Wildman–Crippen MR) is 51.7 cm³/mol. The molecule has 1 fully saturated rings. The Bertz CT molecular complexity index is 264. The Hall–Kier alpha value is -0.890. The van der Waals surface area contributed by atoms with Gasteiger partial charge >= 0.3 is 0 Å². The van der Waals surface area contributed by atoms with E-state index in [0.717, 1.165) is 25.9 Å².